The van der Waals surface area contributed by atoms with Gasteiger partial charge in [-0.15, -0.1) is 0 Å². The number of hydrogen-bond donors (Lipinski definition) is 3. The summed E-state index contributed by atoms with van der Waals surface area (Å²) in [6.07, 6.45) is 2.66. The molecule has 0 bridgehead atoms. The smallest absolute Gasteiger partial charge is 0.405 e. The van der Waals surface area contributed by atoms with E-state index in [2.05, 4.69) is 15.7 Å². The van der Waals surface area contributed by atoms with Crippen LogP contribution in [0.3, 0.4) is 0 Å². The van der Waals surface area contributed by atoms with Crippen LogP contribution in [0.25, 0.3) is 5.69 Å². The Labute approximate surface area is 194 Å². The van der Waals surface area contributed by atoms with E-state index in [0.717, 1.165) is 24.0 Å². The highest BCUT2D eigenvalue weighted by atomic mass is 35.5. The summed E-state index contributed by atoms with van der Waals surface area (Å²) in [5.41, 5.74) is 8.93. The number of amides is 2. The van der Waals surface area contributed by atoms with E-state index in [1.807, 2.05) is 13.0 Å². The molecule has 32 heavy (non-hydrogen) atoms. The molecule has 166 valence electrons. The highest BCUT2D eigenvalue weighted by Gasteiger charge is 2.24. The fraction of sp³-hybridized carbons (Fsp3) is 0.227. The third-order valence-corrected chi connectivity index (χ3v) is 5.75. The zero-order valence-corrected chi connectivity index (χ0v) is 18.7. The van der Waals surface area contributed by atoms with E-state index in [1.54, 1.807) is 30.3 Å². The second-order valence-electron chi connectivity index (χ2n) is 7.55. The molecule has 0 unspecified atom stereocenters. The number of aryl methyl sites for hydroxylation is 1. The molecule has 1 saturated carbocycles. The quantitative estimate of drug-likeness (QED) is 0.495. The van der Waals surface area contributed by atoms with E-state index >= 15 is 0 Å². The van der Waals surface area contributed by atoms with Crippen LogP contribution in [0.15, 0.2) is 42.6 Å². The van der Waals surface area contributed by atoms with Gasteiger partial charge < -0.3 is 21.1 Å². The van der Waals surface area contributed by atoms with E-state index in [0.29, 0.717) is 21.3 Å². The van der Waals surface area contributed by atoms with Gasteiger partial charge in [0.2, 0.25) is 0 Å². The highest BCUT2D eigenvalue weighted by Crippen LogP contribution is 2.27. The van der Waals surface area contributed by atoms with Crippen molar-refractivity contribution >= 4 is 41.0 Å². The Balaban J connectivity index is 1.45. The lowest BCUT2D eigenvalue weighted by atomic mass is 10.1. The van der Waals surface area contributed by atoms with Gasteiger partial charge in [-0.3, -0.25) is 4.79 Å². The number of nitrogen functional groups attached to an aromatic ring is 1. The number of nitrogens with one attached hydrogen (secondary N) is 2. The van der Waals surface area contributed by atoms with Gasteiger partial charge in [0.1, 0.15) is 0 Å². The maximum Gasteiger partial charge on any atom is 0.413 e. The van der Waals surface area contributed by atoms with Crippen molar-refractivity contribution in [1.82, 2.24) is 20.4 Å². The first-order valence-corrected chi connectivity index (χ1v) is 10.7. The van der Waals surface area contributed by atoms with Crippen LogP contribution >= 0.6 is 23.2 Å². The van der Waals surface area contributed by atoms with Crippen molar-refractivity contribution in [2.45, 2.75) is 32.4 Å². The molecule has 3 aromatic rings. The van der Waals surface area contributed by atoms with E-state index in [-0.39, 0.29) is 30.1 Å². The summed E-state index contributed by atoms with van der Waals surface area (Å²) in [6, 6.07) is 10.6. The highest BCUT2D eigenvalue weighted by molar-refractivity contribution is 6.42. The molecule has 4 rings (SSSR count). The first-order chi connectivity index (χ1) is 15.3. The lowest BCUT2D eigenvalue weighted by molar-refractivity contribution is 0.0951. The number of carbonyl (C=O) groups is 2. The Morgan fingerprint density at radius 1 is 1.19 bits per heavy atom. The Morgan fingerprint density at radius 3 is 2.69 bits per heavy atom. The molecule has 0 spiro atoms. The molecule has 0 saturated heterocycles. The minimum Gasteiger partial charge on any atom is -0.405 e. The van der Waals surface area contributed by atoms with Gasteiger partial charge in [0, 0.05) is 18.2 Å². The molecule has 0 radical (unpaired) electrons. The summed E-state index contributed by atoms with van der Waals surface area (Å²) < 4.78 is 6.74. The predicted octanol–water partition coefficient (Wildman–Crippen LogP) is 4.25. The van der Waals surface area contributed by atoms with Crippen LogP contribution in [0, 0.1) is 6.92 Å². The van der Waals surface area contributed by atoms with Crippen LogP contribution in [-0.4, -0.2) is 27.8 Å². The number of ether oxygens (including phenoxy) is 1. The van der Waals surface area contributed by atoms with Crippen LogP contribution in [0.4, 0.5) is 10.6 Å². The zero-order valence-electron chi connectivity index (χ0n) is 17.2. The fourth-order valence-corrected chi connectivity index (χ4v) is 3.37. The first-order valence-electron chi connectivity index (χ1n) is 9.97. The molecule has 2 amide bonds. The van der Waals surface area contributed by atoms with Crippen LogP contribution in [-0.2, 0) is 6.54 Å². The van der Waals surface area contributed by atoms with Gasteiger partial charge in [-0.05, 0) is 55.2 Å². The number of carbonyl (C=O) groups excluding carboxylic acids is 2. The van der Waals surface area contributed by atoms with Gasteiger partial charge >= 0.3 is 6.09 Å². The maximum atomic E-state index is 12.4. The first kappa shape index (κ1) is 22.0. The molecular formula is C22H21Cl2N5O3. The average Bonchev–Trinajstić information content (AvgIpc) is 3.51. The number of nitrogens with zero attached hydrogens (tertiary/aromatic N) is 2. The third kappa shape index (κ3) is 4.98. The Bertz CT molecular complexity index is 1190. The van der Waals surface area contributed by atoms with E-state index in [1.165, 1.54) is 10.9 Å². The van der Waals surface area contributed by atoms with Gasteiger partial charge in [0.15, 0.2) is 11.6 Å². The molecule has 0 aliphatic heterocycles. The summed E-state index contributed by atoms with van der Waals surface area (Å²) in [7, 11) is 0. The molecule has 1 heterocycles. The van der Waals surface area contributed by atoms with Gasteiger partial charge in [-0.2, -0.15) is 5.10 Å². The summed E-state index contributed by atoms with van der Waals surface area (Å²) in [5.74, 6) is 0.0963. The monoisotopic (exact) mass is 473 g/mol. The maximum absolute atomic E-state index is 12.4. The van der Waals surface area contributed by atoms with Crippen LogP contribution in [0.5, 0.6) is 5.75 Å². The molecule has 0 atom stereocenters. The number of anilines is 1. The van der Waals surface area contributed by atoms with Crippen molar-refractivity contribution < 1.29 is 14.3 Å². The summed E-state index contributed by atoms with van der Waals surface area (Å²) in [6.45, 7) is 2.07. The largest absolute Gasteiger partial charge is 0.413 e. The normalized spacial score (nSPS) is 13.0. The standard InChI is InChI=1S/C22H21Cl2N5O3/c1-12-2-4-14(21(30)28-15-5-6-15)9-18(12)29-20(25)19(11-27-29)32-22(31)26-10-13-3-7-16(23)17(24)8-13/h2-4,7-9,11,15H,5-6,10,25H2,1H3,(H,26,31)(H,28,30). The summed E-state index contributed by atoms with van der Waals surface area (Å²) in [4.78, 5) is 24.6. The molecule has 1 fully saturated rings. The summed E-state index contributed by atoms with van der Waals surface area (Å²) >= 11 is 11.9. The van der Waals surface area contributed by atoms with Crippen LogP contribution in [0.2, 0.25) is 10.0 Å². The number of rotatable bonds is 6. The van der Waals surface area contributed by atoms with Gasteiger partial charge in [-0.25, -0.2) is 9.48 Å². The summed E-state index contributed by atoms with van der Waals surface area (Å²) in [5, 5.41) is 10.6. The van der Waals surface area contributed by atoms with Crippen LogP contribution in [0.1, 0.15) is 34.3 Å². The van der Waals surface area contributed by atoms with Crippen molar-refractivity contribution in [1.29, 1.82) is 0 Å². The van der Waals surface area contributed by atoms with E-state index in [9.17, 15) is 9.59 Å². The molecule has 1 aliphatic rings. The average molecular weight is 474 g/mol. The van der Waals surface area contributed by atoms with E-state index in [4.69, 9.17) is 33.7 Å². The van der Waals surface area contributed by atoms with E-state index < -0.39 is 6.09 Å². The van der Waals surface area contributed by atoms with Crippen molar-refractivity contribution in [3.05, 3.63) is 69.3 Å². The lowest BCUT2D eigenvalue weighted by Crippen LogP contribution is -2.26. The number of nitrogens with two attached hydrogens (primary N) is 1. The van der Waals surface area contributed by atoms with Gasteiger partial charge in [0.05, 0.1) is 21.9 Å². The minimum absolute atomic E-state index is 0.101. The molecule has 10 heteroatoms. The Kier molecular flexibility index (Phi) is 6.25. The predicted molar refractivity (Wildman–Crippen MR) is 123 cm³/mol. The number of benzene rings is 2. The Hall–Kier alpha value is -3.23. The van der Waals surface area contributed by atoms with Gasteiger partial charge in [0.25, 0.3) is 5.91 Å². The topological polar surface area (TPSA) is 111 Å². The van der Waals surface area contributed by atoms with Crippen LogP contribution < -0.4 is 21.1 Å². The molecule has 1 aliphatic carbocycles. The Morgan fingerprint density at radius 2 is 1.97 bits per heavy atom. The zero-order chi connectivity index (χ0) is 22.8. The fourth-order valence-electron chi connectivity index (χ4n) is 3.05. The number of hydrogen-bond acceptors (Lipinski definition) is 5. The second-order valence-corrected chi connectivity index (χ2v) is 8.36. The number of aromatic nitrogens is 2. The van der Waals surface area contributed by atoms with Crippen molar-refractivity contribution in [3.8, 4) is 11.4 Å². The molecule has 2 aromatic carbocycles. The number of halogens is 2. The lowest BCUT2D eigenvalue weighted by Gasteiger charge is -2.11. The molecular weight excluding hydrogens is 453 g/mol. The molecule has 4 N–H and O–H groups in total. The third-order valence-electron chi connectivity index (χ3n) is 5.01. The molecule has 8 nitrogen and oxygen atoms in total. The second kappa shape index (κ2) is 9.10. The molecule has 1 aromatic heterocycles. The van der Waals surface area contributed by atoms with Crippen molar-refractivity contribution in [3.63, 3.8) is 0 Å². The van der Waals surface area contributed by atoms with Crippen molar-refractivity contribution in [2.75, 3.05) is 5.73 Å². The van der Waals surface area contributed by atoms with Gasteiger partial charge in [-0.1, -0.05) is 35.3 Å². The van der Waals surface area contributed by atoms with Crippen molar-refractivity contribution in [2.24, 2.45) is 0 Å². The SMILES string of the molecule is Cc1ccc(C(=O)NC2CC2)cc1-n1ncc(OC(=O)NCc2ccc(Cl)c(Cl)c2)c1N. The minimum atomic E-state index is -0.698.